The minimum Gasteiger partial charge on any atom is -0.508 e. The number of likely N-dealkylation sites (tertiary alicyclic amines) is 1. The second kappa shape index (κ2) is 6.95. The summed E-state index contributed by atoms with van der Waals surface area (Å²) in [6, 6.07) is 4.76. The van der Waals surface area contributed by atoms with Crippen molar-refractivity contribution < 1.29 is 14.6 Å². The zero-order valence-electron chi connectivity index (χ0n) is 11.6. The zero-order chi connectivity index (χ0) is 14.5. The number of rotatable bonds is 4. The van der Waals surface area contributed by atoms with Crippen LogP contribution in [0, 0.1) is 0 Å². The highest BCUT2D eigenvalue weighted by Gasteiger charge is 2.30. The van der Waals surface area contributed by atoms with E-state index in [-0.39, 0.29) is 17.8 Å². The van der Waals surface area contributed by atoms with Gasteiger partial charge in [-0.15, -0.1) is 0 Å². The lowest BCUT2D eigenvalue weighted by atomic mass is 10.0. The number of benzene rings is 1. The van der Waals surface area contributed by atoms with Gasteiger partial charge in [0.1, 0.15) is 11.8 Å². The van der Waals surface area contributed by atoms with Crippen LogP contribution < -0.4 is 0 Å². The molecule has 1 fully saturated rings. The van der Waals surface area contributed by atoms with Gasteiger partial charge in [-0.3, -0.25) is 9.69 Å². The molecule has 0 aliphatic carbocycles. The number of ether oxygens (including phenoxy) is 1. The third-order valence-electron chi connectivity index (χ3n) is 3.59. The zero-order valence-corrected chi connectivity index (χ0v) is 12.4. The fourth-order valence-electron chi connectivity index (χ4n) is 2.59. The minimum atomic E-state index is -0.220. The van der Waals surface area contributed by atoms with Crippen LogP contribution in [0.5, 0.6) is 5.75 Å². The van der Waals surface area contributed by atoms with Crippen LogP contribution in [-0.2, 0) is 16.1 Å². The number of aromatic hydroxyl groups is 1. The Morgan fingerprint density at radius 1 is 1.50 bits per heavy atom. The maximum atomic E-state index is 12.0. The van der Waals surface area contributed by atoms with E-state index in [0.717, 1.165) is 31.4 Å². The van der Waals surface area contributed by atoms with E-state index in [1.165, 1.54) is 0 Å². The Morgan fingerprint density at radius 2 is 2.30 bits per heavy atom. The molecule has 1 aromatic carbocycles. The molecular weight excluding hydrogens is 278 g/mol. The van der Waals surface area contributed by atoms with E-state index in [4.69, 9.17) is 16.3 Å². The van der Waals surface area contributed by atoms with Gasteiger partial charge in [-0.05, 0) is 44.5 Å². The van der Waals surface area contributed by atoms with Crippen LogP contribution in [0.1, 0.15) is 31.7 Å². The molecule has 0 amide bonds. The maximum Gasteiger partial charge on any atom is 0.323 e. The first-order valence-electron chi connectivity index (χ1n) is 7.00. The second-order valence-electron chi connectivity index (χ2n) is 5.01. The highest BCUT2D eigenvalue weighted by Crippen LogP contribution is 2.26. The Morgan fingerprint density at radius 3 is 3.05 bits per heavy atom. The van der Waals surface area contributed by atoms with Crippen molar-refractivity contribution in [2.45, 2.75) is 38.8 Å². The van der Waals surface area contributed by atoms with Crippen LogP contribution in [0.15, 0.2) is 18.2 Å². The van der Waals surface area contributed by atoms with E-state index >= 15 is 0 Å². The molecule has 1 aromatic rings. The number of carbonyl (C=O) groups is 1. The van der Waals surface area contributed by atoms with Crippen molar-refractivity contribution in [3.05, 3.63) is 28.8 Å². The summed E-state index contributed by atoms with van der Waals surface area (Å²) in [6.45, 7) is 3.55. The molecule has 1 saturated heterocycles. The number of hydrogen-bond donors (Lipinski definition) is 1. The molecule has 5 heteroatoms. The third kappa shape index (κ3) is 3.64. The molecular formula is C15H20ClNO3. The van der Waals surface area contributed by atoms with Crippen molar-refractivity contribution in [1.82, 2.24) is 4.90 Å². The van der Waals surface area contributed by atoms with Gasteiger partial charge in [0.15, 0.2) is 0 Å². The van der Waals surface area contributed by atoms with Crippen molar-refractivity contribution in [3.8, 4) is 5.75 Å². The van der Waals surface area contributed by atoms with E-state index in [1.54, 1.807) is 18.2 Å². The number of hydrogen-bond acceptors (Lipinski definition) is 4. The monoisotopic (exact) mass is 297 g/mol. The average Bonchev–Trinajstić information content (AvgIpc) is 2.44. The van der Waals surface area contributed by atoms with Crippen LogP contribution in [0.2, 0.25) is 5.02 Å². The third-order valence-corrected chi connectivity index (χ3v) is 3.82. The summed E-state index contributed by atoms with van der Waals surface area (Å²) in [4.78, 5) is 14.1. The van der Waals surface area contributed by atoms with Crippen molar-refractivity contribution in [3.63, 3.8) is 0 Å². The van der Waals surface area contributed by atoms with Crippen LogP contribution in [0.3, 0.4) is 0 Å². The Hall–Kier alpha value is -1.26. The SMILES string of the molecule is CCOC(=O)C1CCCCN1Cc1cc(Cl)ccc1O. The number of phenols is 1. The highest BCUT2D eigenvalue weighted by atomic mass is 35.5. The summed E-state index contributed by atoms with van der Waals surface area (Å²) < 4.78 is 5.13. The predicted molar refractivity (Wildman–Crippen MR) is 77.8 cm³/mol. The summed E-state index contributed by atoms with van der Waals surface area (Å²) in [5, 5.41) is 10.5. The Bertz CT molecular complexity index is 478. The van der Waals surface area contributed by atoms with E-state index in [9.17, 15) is 9.90 Å². The molecule has 4 nitrogen and oxygen atoms in total. The molecule has 1 atom stereocenters. The van der Waals surface area contributed by atoms with E-state index in [1.807, 2.05) is 6.92 Å². The molecule has 1 N–H and O–H groups in total. The van der Waals surface area contributed by atoms with Crippen molar-refractivity contribution in [1.29, 1.82) is 0 Å². The topological polar surface area (TPSA) is 49.8 Å². The standard InChI is InChI=1S/C15H20ClNO3/c1-2-20-15(19)13-5-3-4-8-17(13)10-11-9-12(16)6-7-14(11)18/h6-7,9,13,18H,2-5,8,10H2,1H3. The normalized spacial score (nSPS) is 19.8. The Labute approximate surface area is 124 Å². The smallest absolute Gasteiger partial charge is 0.323 e. The first-order chi connectivity index (χ1) is 9.61. The Balaban J connectivity index is 2.12. The molecule has 110 valence electrons. The largest absolute Gasteiger partial charge is 0.508 e. The first-order valence-corrected chi connectivity index (χ1v) is 7.37. The number of carbonyl (C=O) groups excluding carboxylic acids is 1. The van der Waals surface area contributed by atoms with Gasteiger partial charge in [-0.1, -0.05) is 18.0 Å². The second-order valence-corrected chi connectivity index (χ2v) is 5.44. The van der Waals surface area contributed by atoms with Gasteiger partial charge in [0.05, 0.1) is 6.61 Å². The highest BCUT2D eigenvalue weighted by molar-refractivity contribution is 6.30. The van der Waals surface area contributed by atoms with Gasteiger partial charge >= 0.3 is 5.97 Å². The van der Waals surface area contributed by atoms with Gasteiger partial charge in [-0.25, -0.2) is 0 Å². The first kappa shape index (κ1) is 15.1. The fourth-order valence-corrected chi connectivity index (χ4v) is 2.78. The van der Waals surface area contributed by atoms with Crippen molar-refractivity contribution >= 4 is 17.6 Å². The molecule has 0 radical (unpaired) electrons. The van der Waals surface area contributed by atoms with Gasteiger partial charge in [-0.2, -0.15) is 0 Å². The molecule has 0 spiro atoms. The molecule has 1 heterocycles. The lowest BCUT2D eigenvalue weighted by molar-refractivity contribution is -0.151. The van der Waals surface area contributed by atoms with E-state index < -0.39 is 0 Å². The average molecular weight is 298 g/mol. The quantitative estimate of drug-likeness (QED) is 0.868. The van der Waals surface area contributed by atoms with Gasteiger partial charge < -0.3 is 9.84 Å². The van der Waals surface area contributed by atoms with Crippen LogP contribution in [0.25, 0.3) is 0 Å². The summed E-state index contributed by atoms with van der Waals surface area (Å²) in [5.41, 5.74) is 0.744. The summed E-state index contributed by atoms with van der Waals surface area (Å²) in [7, 11) is 0. The van der Waals surface area contributed by atoms with Gasteiger partial charge in [0, 0.05) is 17.1 Å². The minimum absolute atomic E-state index is 0.172. The molecule has 0 bridgehead atoms. The summed E-state index contributed by atoms with van der Waals surface area (Å²) in [5.74, 6) is 0.0382. The molecule has 1 aliphatic rings. The lowest BCUT2D eigenvalue weighted by Crippen LogP contribution is -2.44. The molecule has 1 unspecified atom stereocenters. The number of halogens is 1. The molecule has 0 saturated carbocycles. The lowest BCUT2D eigenvalue weighted by Gasteiger charge is -2.34. The number of esters is 1. The number of phenolic OH excluding ortho intramolecular Hbond substituents is 1. The van der Waals surface area contributed by atoms with Gasteiger partial charge in [0.25, 0.3) is 0 Å². The molecule has 1 aliphatic heterocycles. The Kier molecular flexibility index (Phi) is 5.26. The number of piperidine rings is 1. The summed E-state index contributed by atoms with van der Waals surface area (Å²) in [6.07, 6.45) is 2.89. The molecule has 2 rings (SSSR count). The van der Waals surface area contributed by atoms with Crippen molar-refractivity contribution in [2.24, 2.45) is 0 Å². The molecule has 20 heavy (non-hydrogen) atoms. The fraction of sp³-hybridized carbons (Fsp3) is 0.533. The van der Waals surface area contributed by atoms with E-state index in [2.05, 4.69) is 4.90 Å². The predicted octanol–water partition coefficient (Wildman–Crippen LogP) is 2.96. The van der Waals surface area contributed by atoms with Crippen LogP contribution in [-0.4, -0.2) is 35.2 Å². The van der Waals surface area contributed by atoms with Crippen LogP contribution >= 0.6 is 11.6 Å². The van der Waals surface area contributed by atoms with Crippen LogP contribution in [0.4, 0.5) is 0 Å². The maximum absolute atomic E-state index is 12.0. The molecule has 0 aromatic heterocycles. The van der Waals surface area contributed by atoms with Crippen molar-refractivity contribution in [2.75, 3.05) is 13.2 Å². The van der Waals surface area contributed by atoms with E-state index in [0.29, 0.717) is 18.2 Å². The van der Waals surface area contributed by atoms with Gasteiger partial charge in [0.2, 0.25) is 0 Å². The number of nitrogens with zero attached hydrogens (tertiary/aromatic N) is 1. The summed E-state index contributed by atoms with van der Waals surface area (Å²) >= 11 is 5.96.